The molecule has 0 aromatic carbocycles. The van der Waals surface area contributed by atoms with Crippen molar-refractivity contribution >= 4 is 11.7 Å². The van der Waals surface area contributed by atoms with Crippen molar-refractivity contribution in [1.82, 2.24) is 0 Å². The SMILES string of the molecule is CCCCCCCCCCC(=O)C(N)=O. The van der Waals surface area contributed by atoms with Crippen LogP contribution in [-0.2, 0) is 9.59 Å². The summed E-state index contributed by atoms with van der Waals surface area (Å²) < 4.78 is 0. The van der Waals surface area contributed by atoms with E-state index in [9.17, 15) is 9.59 Å². The van der Waals surface area contributed by atoms with Crippen LogP contribution in [0.2, 0.25) is 0 Å². The highest BCUT2D eigenvalue weighted by molar-refractivity contribution is 6.35. The first-order valence-corrected chi connectivity index (χ1v) is 6.01. The van der Waals surface area contributed by atoms with Gasteiger partial charge in [-0.3, -0.25) is 9.59 Å². The molecule has 0 saturated carbocycles. The maximum atomic E-state index is 10.8. The summed E-state index contributed by atoms with van der Waals surface area (Å²) in [4.78, 5) is 21.3. The minimum absolute atomic E-state index is 0.324. The number of amides is 1. The number of carbonyl (C=O) groups is 2. The smallest absolute Gasteiger partial charge is 0.284 e. The lowest BCUT2D eigenvalue weighted by molar-refractivity contribution is -0.136. The van der Waals surface area contributed by atoms with Gasteiger partial charge in [0.15, 0.2) is 0 Å². The monoisotopic (exact) mass is 213 g/mol. The maximum absolute atomic E-state index is 10.8. The Morgan fingerprint density at radius 2 is 1.33 bits per heavy atom. The molecular weight excluding hydrogens is 190 g/mol. The third-order valence-electron chi connectivity index (χ3n) is 2.53. The third-order valence-corrected chi connectivity index (χ3v) is 2.53. The molecule has 0 radical (unpaired) electrons. The molecule has 88 valence electrons. The van der Waals surface area contributed by atoms with Gasteiger partial charge in [-0.2, -0.15) is 0 Å². The summed E-state index contributed by atoms with van der Waals surface area (Å²) in [5, 5.41) is 0. The summed E-state index contributed by atoms with van der Waals surface area (Å²) in [6, 6.07) is 0. The van der Waals surface area contributed by atoms with Gasteiger partial charge in [-0.1, -0.05) is 51.9 Å². The second-order valence-corrected chi connectivity index (χ2v) is 4.01. The Morgan fingerprint density at radius 3 is 1.80 bits per heavy atom. The molecule has 1 amide bonds. The van der Waals surface area contributed by atoms with Gasteiger partial charge in [0.1, 0.15) is 0 Å². The number of rotatable bonds is 10. The fourth-order valence-corrected chi connectivity index (χ4v) is 1.54. The van der Waals surface area contributed by atoms with Crippen LogP contribution in [0.4, 0.5) is 0 Å². The van der Waals surface area contributed by atoms with Crippen molar-refractivity contribution in [3.63, 3.8) is 0 Å². The van der Waals surface area contributed by atoms with Crippen molar-refractivity contribution in [3.05, 3.63) is 0 Å². The molecule has 3 heteroatoms. The molecule has 0 aliphatic heterocycles. The van der Waals surface area contributed by atoms with E-state index in [-0.39, 0.29) is 0 Å². The number of primary amides is 1. The molecule has 0 atom stereocenters. The van der Waals surface area contributed by atoms with Crippen molar-refractivity contribution in [1.29, 1.82) is 0 Å². The number of hydrogen-bond donors (Lipinski definition) is 1. The fraction of sp³-hybridized carbons (Fsp3) is 0.833. The Hall–Kier alpha value is -0.860. The highest BCUT2D eigenvalue weighted by Gasteiger charge is 2.07. The summed E-state index contributed by atoms with van der Waals surface area (Å²) in [7, 11) is 0. The van der Waals surface area contributed by atoms with E-state index < -0.39 is 11.7 Å². The molecule has 0 unspecified atom stereocenters. The molecule has 2 N–H and O–H groups in total. The maximum Gasteiger partial charge on any atom is 0.284 e. The van der Waals surface area contributed by atoms with Crippen molar-refractivity contribution in [2.45, 2.75) is 64.7 Å². The largest absolute Gasteiger partial charge is 0.363 e. The number of hydrogen-bond acceptors (Lipinski definition) is 2. The van der Waals surface area contributed by atoms with E-state index in [1.807, 2.05) is 0 Å². The molecule has 0 aromatic rings. The van der Waals surface area contributed by atoms with Gasteiger partial charge in [-0.25, -0.2) is 0 Å². The highest BCUT2D eigenvalue weighted by Crippen LogP contribution is 2.09. The lowest BCUT2D eigenvalue weighted by atomic mass is 10.1. The molecular formula is C12H23NO2. The van der Waals surface area contributed by atoms with Gasteiger partial charge in [0, 0.05) is 6.42 Å². The number of Topliss-reactive ketones (excluding diaryl/α,β-unsaturated/α-hetero) is 1. The molecule has 0 saturated heterocycles. The van der Waals surface area contributed by atoms with Gasteiger partial charge in [0.05, 0.1) is 0 Å². The van der Waals surface area contributed by atoms with Crippen LogP contribution in [0.3, 0.4) is 0 Å². The zero-order valence-corrected chi connectivity index (χ0v) is 9.76. The summed E-state index contributed by atoms with van der Waals surface area (Å²) >= 11 is 0. The van der Waals surface area contributed by atoms with Gasteiger partial charge < -0.3 is 5.73 Å². The number of ketones is 1. The van der Waals surface area contributed by atoms with Gasteiger partial charge >= 0.3 is 0 Å². The van der Waals surface area contributed by atoms with E-state index in [0.717, 1.165) is 19.3 Å². The summed E-state index contributed by atoms with van der Waals surface area (Å²) in [6.07, 6.45) is 9.76. The first kappa shape index (κ1) is 14.1. The average molecular weight is 213 g/mol. The summed E-state index contributed by atoms with van der Waals surface area (Å²) in [5.74, 6) is -1.22. The zero-order valence-electron chi connectivity index (χ0n) is 9.76. The van der Waals surface area contributed by atoms with Crippen LogP contribution in [0, 0.1) is 0 Å². The Labute approximate surface area is 92.4 Å². The van der Waals surface area contributed by atoms with Crippen molar-refractivity contribution < 1.29 is 9.59 Å². The standard InChI is InChI=1S/C12H23NO2/c1-2-3-4-5-6-7-8-9-10-11(14)12(13)15/h2-10H2,1H3,(H2,13,15). The van der Waals surface area contributed by atoms with Gasteiger partial charge in [-0.15, -0.1) is 0 Å². The minimum atomic E-state index is -0.794. The van der Waals surface area contributed by atoms with Crippen molar-refractivity contribution in [2.24, 2.45) is 5.73 Å². The first-order chi connectivity index (χ1) is 7.18. The Bertz CT molecular complexity index is 190. The molecule has 0 aromatic heterocycles. The number of carbonyl (C=O) groups excluding carboxylic acids is 2. The Kier molecular flexibility index (Phi) is 9.13. The molecule has 0 bridgehead atoms. The third kappa shape index (κ3) is 9.44. The summed E-state index contributed by atoms with van der Waals surface area (Å²) in [6.45, 7) is 2.20. The van der Waals surface area contributed by atoms with Crippen molar-refractivity contribution in [2.75, 3.05) is 0 Å². The highest BCUT2D eigenvalue weighted by atomic mass is 16.2. The van der Waals surface area contributed by atoms with Gasteiger partial charge in [0.2, 0.25) is 5.78 Å². The quantitative estimate of drug-likeness (QED) is 0.448. The molecule has 0 rings (SSSR count). The Morgan fingerprint density at radius 1 is 0.867 bits per heavy atom. The molecule has 15 heavy (non-hydrogen) atoms. The van der Waals surface area contributed by atoms with Gasteiger partial charge in [-0.05, 0) is 6.42 Å². The van der Waals surface area contributed by atoms with Crippen LogP contribution in [0.15, 0.2) is 0 Å². The van der Waals surface area contributed by atoms with E-state index >= 15 is 0 Å². The molecule has 3 nitrogen and oxygen atoms in total. The summed E-state index contributed by atoms with van der Waals surface area (Å²) in [5.41, 5.74) is 4.84. The van der Waals surface area contributed by atoms with Gasteiger partial charge in [0.25, 0.3) is 5.91 Å². The lowest BCUT2D eigenvalue weighted by Gasteiger charge is -2.00. The van der Waals surface area contributed by atoms with Crippen LogP contribution in [0.25, 0.3) is 0 Å². The van der Waals surface area contributed by atoms with E-state index in [1.165, 1.54) is 32.1 Å². The first-order valence-electron chi connectivity index (χ1n) is 6.01. The second kappa shape index (κ2) is 9.69. The van der Waals surface area contributed by atoms with E-state index in [1.54, 1.807) is 0 Å². The van der Waals surface area contributed by atoms with Crippen LogP contribution >= 0.6 is 0 Å². The van der Waals surface area contributed by atoms with Crippen LogP contribution in [-0.4, -0.2) is 11.7 Å². The predicted octanol–water partition coefficient (Wildman–Crippen LogP) is 2.57. The predicted molar refractivity (Wildman–Crippen MR) is 61.4 cm³/mol. The van der Waals surface area contributed by atoms with Crippen LogP contribution in [0.5, 0.6) is 0 Å². The number of unbranched alkanes of at least 4 members (excludes halogenated alkanes) is 7. The molecule has 0 aliphatic rings. The van der Waals surface area contributed by atoms with E-state index in [0.29, 0.717) is 6.42 Å². The average Bonchev–Trinajstić information content (AvgIpc) is 2.21. The number of nitrogens with two attached hydrogens (primary N) is 1. The molecule has 0 heterocycles. The lowest BCUT2D eigenvalue weighted by Crippen LogP contribution is -2.22. The topological polar surface area (TPSA) is 60.2 Å². The Balaban J connectivity index is 3.11. The van der Waals surface area contributed by atoms with Crippen LogP contribution < -0.4 is 5.73 Å². The fourth-order valence-electron chi connectivity index (χ4n) is 1.54. The molecule has 0 fully saturated rings. The molecule has 0 spiro atoms. The van der Waals surface area contributed by atoms with E-state index in [4.69, 9.17) is 5.73 Å². The minimum Gasteiger partial charge on any atom is -0.363 e. The van der Waals surface area contributed by atoms with Crippen molar-refractivity contribution in [3.8, 4) is 0 Å². The second-order valence-electron chi connectivity index (χ2n) is 4.01. The zero-order chi connectivity index (χ0) is 11.5. The van der Waals surface area contributed by atoms with Crippen LogP contribution in [0.1, 0.15) is 64.7 Å². The normalized spacial score (nSPS) is 10.2. The molecule has 0 aliphatic carbocycles. The van der Waals surface area contributed by atoms with E-state index in [2.05, 4.69) is 6.92 Å².